The number of fused-ring (bicyclic) bond motifs is 1. The molecule has 4 nitrogen and oxygen atoms in total. The molecule has 3 aromatic rings. The molecule has 0 unspecified atom stereocenters. The predicted molar refractivity (Wildman–Crippen MR) is 87.9 cm³/mol. The Balaban J connectivity index is 1.73. The molecule has 25 heavy (non-hydrogen) atoms. The van der Waals surface area contributed by atoms with Crippen LogP contribution < -0.4 is 0 Å². The second-order valence-corrected chi connectivity index (χ2v) is 6.30. The van der Waals surface area contributed by atoms with Crippen LogP contribution >= 0.6 is 0 Å². The molecule has 1 aromatic carbocycles. The van der Waals surface area contributed by atoms with Crippen LogP contribution in [0.4, 0.5) is 13.2 Å². The largest absolute Gasteiger partial charge is 0.416 e. The van der Waals surface area contributed by atoms with Gasteiger partial charge in [-0.2, -0.15) is 13.2 Å². The summed E-state index contributed by atoms with van der Waals surface area (Å²) < 4.78 is 40.2. The third kappa shape index (κ3) is 3.24. The highest BCUT2D eigenvalue weighted by atomic mass is 19.4. The van der Waals surface area contributed by atoms with Gasteiger partial charge in [0, 0.05) is 30.7 Å². The molecule has 0 atom stereocenters. The van der Waals surface area contributed by atoms with Crippen LogP contribution in [-0.2, 0) is 12.7 Å². The summed E-state index contributed by atoms with van der Waals surface area (Å²) in [4.78, 5) is 11.3. The zero-order chi connectivity index (χ0) is 17.4. The number of imidazole rings is 1. The van der Waals surface area contributed by atoms with E-state index in [9.17, 15) is 13.2 Å². The summed E-state index contributed by atoms with van der Waals surface area (Å²) in [6.45, 7) is 2.85. The lowest BCUT2D eigenvalue weighted by Gasteiger charge is -2.15. The molecule has 0 spiro atoms. The van der Waals surface area contributed by atoms with Gasteiger partial charge in [-0.3, -0.25) is 4.90 Å². The topological polar surface area (TPSA) is 33.4 Å². The van der Waals surface area contributed by atoms with Gasteiger partial charge in [-0.25, -0.2) is 9.97 Å². The Labute approximate surface area is 142 Å². The van der Waals surface area contributed by atoms with E-state index < -0.39 is 11.7 Å². The highest BCUT2D eigenvalue weighted by Crippen LogP contribution is 2.31. The number of hydrogen-bond acceptors (Lipinski definition) is 3. The number of likely N-dealkylation sites (tertiary alicyclic amines) is 1. The van der Waals surface area contributed by atoms with Crippen LogP contribution in [0.15, 0.2) is 42.9 Å². The Kier molecular flexibility index (Phi) is 3.95. The Morgan fingerprint density at radius 3 is 2.44 bits per heavy atom. The van der Waals surface area contributed by atoms with Gasteiger partial charge >= 0.3 is 6.18 Å². The molecule has 2 aromatic heterocycles. The average molecular weight is 346 g/mol. The molecule has 7 heteroatoms. The smallest absolute Gasteiger partial charge is 0.303 e. The third-order valence-corrected chi connectivity index (χ3v) is 4.49. The van der Waals surface area contributed by atoms with Crippen molar-refractivity contribution in [2.24, 2.45) is 0 Å². The van der Waals surface area contributed by atoms with E-state index in [0.29, 0.717) is 16.9 Å². The lowest BCUT2D eigenvalue weighted by Crippen LogP contribution is -2.19. The van der Waals surface area contributed by atoms with Gasteiger partial charge in [0.15, 0.2) is 5.65 Å². The van der Waals surface area contributed by atoms with E-state index in [1.54, 1.807) is 6.20 Å². The van der Waals surface area contributed by atoms with Crippen molar-refractivity contribution in [2.75, 3.05) is 13.1 Å². The number of alkyl halides is 3. The van der Waals surface area contributed by atoms with Crippen molar-refractivity contribution in [1.29, 1.82) is 0 Å². The minimum Gasteiger partial charge on any atom is -0.303 e. The van der Waals surface area contributed by atoms with Crippen molar-refractivity contribution in [3.05, 3.63) is 54.1 Å². The van der Waals surface area contributed by atoms with Gasteiger partial charge in [0.2, 0.25) is 0 Å². The number of hydrogen-bond donors (Lipinski definition) is 0. The standard InChI is InChI=1S/C18H17F3N4/c19-18(20,21)14-5-3-13(4-6-14)16-17-22-7-10-25(17)12-15(23-16)11-24-8-1-2-9-24/h3-7,10,12H,1-2,8-9,11H2. The summed E-state index contributed by atoms with van der Waals surface area (Å²) in [5.74, 6) is 0. The molecular weight excluding hydrogens is 329 g/mol. The molecule has 4 rings (SSSR count). The van der Waals surface area contributed by atoms with Crippen molar-refractivity contribution in [2.45, 2.75) is 25.6 Å². The fraction of sp³-hybridized carbons (Fsp3) is 0.333. The van der Waals surface area contributed by atoms with Crippen LogP contribution in [0, 0.1) is 0 Å². The molecule has 0 saturated carbocycles. The molecule has 0 radical (unpaired) electrons. The zero-order valence-corrected chi connectivity index (χ0v) is 13.5. The van der Waals surface area contributed by atoms with Gasteiger partial charge in [0.25, 0.3) is 0 Å². The quantitative estimate of drug-likeness (QED) is 0.718. The highest BCUT2D eigenvalue weighted by Gasteiger charge is 2.30. The van der Waals surface area contributed by atoms with Crippen LogP contribution in [0.1, 0.15) is 24.1 Å². The normalized spacial score (nSPS) is 16.0. The first-order valence-corrected chi connectivity index (χ1v) is 8.23. The van der Waals surface area contributed by atoms with E-state index in [-0.39, 0.29) is 0 Å². The van der Waals surface area contributed by atoms with Crippen LogP contribution in [0.25, 0.3) is 16.9 Å². The van der Waals surface area contributed by atoms with Gasteiger partial charge in [0.1, 0.15) is 5.69 Å². The summed E-state index contributed by atoms with van der Waals surface area (Å²) in [5, 5.41) is 0. The summed E-state index contributed by atoms with van der Waals surface area (Å²) in [6.07, 6.45) is 3.49. The molecule has 0 bridgehead atoms. The lowest BCUT2D eigenvalue weighted by molar-refractivity contribution is -0.137. The number of aromatic nitrogens is 3. The van der Waals surface area contributed by atoms with Crippen LogP contribution in [-0.4, -0.2) is 32.4 Å². The first kappa shape index (κ1) is 16.1. The van der Waals surface area contributed by atoms with Crippen molar-refractivity contribution >= 4 is 5.65 Å². The van der Waals surface area contributed by atoms with E-state index in [0.717, 1.165) is 37.5 Å². The molecule has 1 saturated heterocycles. The molecule has 1 fully saturated rings. The minimum absolute atomic E-state index is 0.607. The molecule has 0 aliphatic carbocycles. The Hall–Kier alpha value is -2.41. The minimum atomic E-state index is -4.34. The summed E-state index contributed by atoms with van der Waals surface area (Å²) in [6, 6.07) is 5.09. The lowest BCUT2D eigenvalue weighted by atomic mass is 10.1. The monoisotopic (exact) mass is 346 g/mol. The number of halogens is 3. The van der Waals surface area contributed by atoms with E-state index >= 15 is 0 Å². The Bertz CT molecular complexity index is 877. The van der Waals surface area contributed by atoms with Crippen LogP contribution in [0.3, 0.4) is 0 Å². The van der Waals surface area contributed by atoms with E-state index in [2.05, 4.69) is 9.88 Å². The molecular formula is C18H17F3N4. The van der Waals surface area contributed by atoms with Gasteiger partial charge < -0.3 is 4.40 Å². The molecule has 3 heterocycles. The molecule has 0 amide bonds. The maximum Gasteiger partial charge on any atom is 0.416 e. The van der Waals surface area contributed by atoms with Crippen LogP contribution in [0.2, 0.25) is 0 Å². The number of rotatable bonds is 3. The van der Waals surface area contributed by atoms with E-state index in [1.807, 2.05) is 16.8 Å². The summed E-state index contributed by atoms with van der Waals surface area (Å²) >= 11 is 0. The van der Waals surface area contributed by atoms with Crippen molar-refractivity contribution in [3.8, 4) is 11.3 Å². The Morgan fingerprint density at radius 2 is 1.76 bits per heavy atom. The van der Waals surface area contributed by atoms with Gasteiger partial charge in [-0.1, -0.05) is 12.1 Å². The SMILES string of the molecule is FC(F)(F)c1ccc(-c2nc(CN3CCCC3)cn3ccnc23)cc1. The first-order valence-electron chi connectivity index (χ1n) is 8.23. The maximum atomic E-state index is 12.8. The van der Waals surface area contributed by atoms with Gasteiger partial charge in [-0.05, 0) is 38.1 Å². The fourth-order valence-corrected chi connectivity index (χ4v) is 3.24. The molecule has 130 valence electrons. The number of nitrogens with zero attached hydrogens (tertiary/aromatic N) is 4. The van der Waals surface area contributed by atoms with Crippen molar-refractivity contribution < 1.29 is 13.2 Å². The molecule has 1 aliphatic heterocycles. The maximum absolute atomic E-state index is 12.8. The third-order valence-electron chi connectivity index (χ3n) is 4.49. The fourth-order valence-electron chi connectivity index (χ4n) is 3.24. The molecule has 0 N–H and O–H groups in total. The van der Waals surface area contributed by atoms with Crippen molar-refractivity contribution in [3.63, 3.8) is 0 Å². The average Bonchev–Trinajstić information content (AvgIpc) is 3.25. The van der Waals surface area contributed by atoms with Crippen LogP contribution in [0.5, 0.6) is 0 Å². The summed E-state index contributed by atoms with van der Waals surface area (Å²) in [5.41, 5.74) is 2.11. The van der Waals surface area contributed by atoms with Gasteiger partial charge in [0.05, 0.1) is 11.3 Å². The second kappa shape index (κ2) is 6.15. The predicted octanol–water partition coefficient (Wildman–Crippen LogP) is 4.01. The highest BCUT2D eigenvalue weighted by molar-refractivity contribution is 5.74. The molecule has 1 aliphatic rings. The van der Waals surface area contributed by atoms with E-state index in [1.165, 1.54) is 25.0 Å². The van der Waals surface area contributed by atoms with Crippen molar-refractivity contribution in [1.82, 2.24) is 19.3 Å². The summed E-state index contributed by atoms with van der Waals surface area (Å²) in [7, 11) is 0. The second-order valence-electron chi connectivity index (χ2n) is 6.30. The van der Waals surface area contributed by atoms with Gasteiger partial charge in [-0.15, -0.1) is 0 Å². The number of benzene rings is 1. The first-order chi connectivity index (χ1) is 12.0. The Morgan fingerprint density at radius 1 is 1.04 bits per heavy atom. The van der Waals surface area contributed by atoms with E-state index in [4.69, 9.17) is 4.98 Å². The zero-order valence-electron chi connectivity index (χ0n) is 13.5.